The number of rotatable bonds is 9. The number of amidine groups is 1. The van der Waals surface area contributed by atoms with Crippen molar-refractivity contribution >= 4 is 28.5 Å². The molecule has 3 aromatic heterocycles. The number of benzene rings is 1. The fourth-order valence-electron chi connectivity index (χ4n) is 5.26. The summed E-state index contributed by atoms with van der Waals surface area (Å²) in [6, 6.07) is 8.17. The van der Waals surface area contributed by atoms with Gasteiger partial charge in [0.25, 0.3) is 0 Å². The Morgan fingerprint density at radius 2 is 2.00 bits per heavy atom. The van der Waals surface area contributed by atoms with Gasteiger partial charge in [0.1, 0.15) is 29.3 Å². The molecule has 0 bridgehead atoms. The molecule has 0 radical (unpaired) electrons. The van der Waals surface area contributed by atoms with Crippen molar-refractivity contribution in [3.8, 4) is 5.88 Å². The molecule has 2 aliphatic rings. The van der Waals surface area contributed by atoms with Gasteiger partial charge in [-0.05, 0) is 43.0 Å². The number of fused-ring (bicyclic) bond motifs is 1. The van der Waals surface area contributed by atoms with Gasteiger partial charge in [0.05, 0.1) is 36.4 Å². The number of hydrazone groups is 1. The Morgan fingerprint density at radius 1 is 1.17 bits per heavy atom. The van der Waals surface area contributed by atoms with Crippen molar-refractivity contribution in [2.75, 3.05) is 19.7 Å². The van der Waals surface area contributed by atoms with Crippen molar-refractivity contribution in [3.05, 3.63) is 76.5 Å². The lowest BCUT2D eigenvalue weighted by Gasteiger charge is -2.32. The molecule has 0 amide bonds. The molecular weight excluding hydrogens is 563 g/mol. The van der Waals surface area contributed by atoms with Gasteiger partial charge < -0.3 is 25.3 Å². The maximum Gasteiger partial charge on any atom is 0.216 e. The molecule has 2 fully saturated rings. The molecule has 5 N–H and O–H groups in total. The number of hydrogen-bond donors (Lipinski definition) is 3. The van der Waals surface area contributed by atoms with Gasteiger partial charge >= 0.3 is 0 Å². The molecule has 42 heavy (non-hydrogen) atoms. The molecule has 5 heterocycles. The van der Waals surface area contributed by atoms with E-state index in [1.165, 1.54) is 6.07 Å². The summed E-state index contributed by atoms with van der Waals surface area (Å²) in [7, 11) is 0. The Bertz CT molecular complexity index is 1590. The molecule has 0 saturated carbocycles. The Labute approximate surface area is 246 Å². The number of pyridine rings is 1. The lowest BCUT2D eigenvalue weighted by molar-refractivity contribution is -0.0592. The first kappa shape index (κ1) is 28.2. The molecule has 0 spiro atoms. The number of likely N-dealkylation sites (tertiary alicyclic amines) is 1. The van der Waals surface area contributed by atoms with E-state index in [-0.39, 0.29) is 30.3 Å². The molecule has 12 nitrogen and oxygen atoms in total. The van der Waals surface area contributed by atoms with Crippen molar-refractivity contribution in [2.24, 2.45) is 16.8 Å². The average Bonchev–Trinajstić information content (AvgIpc) is 3.30. The number of halogens is 2. The van der Waals surface area contributed by atoms with Crippen LogP contribution in [0.5, 0.6) is 5.88 Å². The number of hydrogen-bond acceptors (Lipinski definition) is 10. The van der Waals surface area contributed by atoms with Gasteiger partial charge in [-0.2, -0.15) is 10.1 Å². The minimum absolute atomic E-state index is 0.0166. The monoisotopic (exact) mass is 594 g/mol. The number of aromatic nitrogens is 5. The Morgan fingerprint density at radius 3 is 2.71 bits per heavy atom. The van der Waals surface area contributed by atoms with Crippen molar-refractivity contribution < 1.29 is 13.9 Å². The second-order valence-electron chi connectivity index (χ2n) is 10.4. The third-order valence-electron chi connectivity index (χ3n) is 7.63. The van der Waals surface area contributed by atoms with Gasteiger partial charge in [-0.3, -0.25) is 9.88 Å². The maximum absolute atomic E-state index is 14.2. The number of piperidine rings is 1. The third-order valence-corrected chi connectivity index (χ3v) is 7.87. The standard InChI is InChI=1S/C28H32ClFN10O2/c29-18-2-1-17(21(30)12-18)11-25-33-7-3-27(36-25)42-19-4-8-39(9-5-19)16-26-35-22-13-23(28(37-31)38-32)34-14-24(22)40(26)15-20-6-10-41-20/h1-3,7,12-14,19-20H,4-6,8-11,15-16,31-32H2,(H,37,38). The Kier molecular flexibility index (Phi) is 8.42. The highest BCUT2D eigenvalue weighted by molar-refractivity contribution is 6.30. The molecule has 1 unspecified atom stereocenters. The summed E-state index contributed by atoms with van der Waals surface area (Å²) in [4.78, 5) is 20.6. The summed E-state index contributed by atoms with van der Waals surface area (Å²) in [6.45, 7) is 3.86. The number of nitrogens with one attached hydrogen (secondary N) is 1. The number of hydrazine groups is 1. The van der Waals surface area contributed by atoms with Crippen molar-refractivity contribution in [1.82, 2.24) is 34.8 Å². The first-order valence-electron chi connectivity index (χ1n) is 13.9. The smallest absolute Gasteiger partial charge is 0.216 e. The van der Waals surface area contributed by atoms with E-state index in [4.69, 9.17) is 37.7 Å². The van der Waals surface area contributed by atoms with Crippen LogP contribution in [0.15, 0.2) is 47.8 Å². The average molecular weight is 595 g/mol. The highest BCUT2D eigenvalue weighted by Crippen LogP contribution is 2.24. The van der Waals surface area contributed by atoms with Crippen molar-refractivity contribution in [3.63, 3.8) is 0 Å². The van der Waals surface area contributed by atoms with E-state index in [1.807, 2.05) is 6.07 Å². The highest BCUT2D eigenvalue weighted by atomic mass is 35.5. The second kappa shape index (κ2) is 12.5. The lowest BCUT2D eigenvalue weighted by Crippen LogP contribution is -2.39. The highest BCUT2D eigenvalue weighted by Gasteiger charge is 2.26. The van der Waals surface area contributed by atoms with Crippen molar-refractivity contribution in [2.45, 2.75) is 51.0 Å². The summed E-state index contributed by atoms with van der Waals surface area (Å²) in [5, 5.41) is 4.01. The van der Waals surface area contributed by atoms with Crippen LogP contribution in [0.1, 0.15) is 42.2 Å². The molecule has 1 aromatic carbocycles. The van der Waals surface area contributed by atoms with Crippen LogP contribution in [-0.4, -0.2) is 67.1 Å². The first-order valence-corrected chi connectivity index (χ1v) is 14.2. The largest absolute Gasteiger partial charge is 0.474 e. The first-order chi connectivity index (χ1) is 20.5. The van der Waals surface area contributed by atoms with E-state index < -0.39 is 0 Å². The predicted octanol–water partition coefficient (Wildman–Crippen LogP) is 2.52. The van der Waals surface area contributed by atoms with Crippen LogP contribution >= 0.6 is 11.6 Å². The second-order valence-corrected chi connectivity index (χ2v) is 10.9. The zero-order chi connectivity index (χ0) is 29.1. The quantitative estimate of drug-likeness (QED) is 0.114. The zero-order valence-corrected chi connectivity index (χ0v) is 23.7. The van der Waals surface area contributed by atoms with Crippen LogP contribution in [0.25, 0.3) is 11.0 Å². The molecule has 0 aliphatic carbocycles. The van der Waals surface area contributed by atoms with Crippen LogP contribution in [-0.2, 0) is 24.2 Å². The maximum atomic E-state index is 14.2. The molecular formula is C28H32ClFN10O2. The predicted molar refractivity (Wildman–Crippen MR) is 155 cm³/mol. The number of nitrogens with zero attached hydrogens (tertiary/aromatic N) is 7. The number of ether oxygens (including phenoxy) is 2. The molecule has 4 aromatic rings. The van der Waals surface area contributed by atoms with Crippen molar-refractivity contribution in [1.29, 1.82) is 0 Å². The van der Waals surface area contributed by atoms with Crippen LogP contribution in [0.3, 0.4) is 0 Å². The molecule has 1 atom stereocenters. The fraction of sp³-hybridized carbons (Fsp3) is 0.393. The number of imidazole rings is 1. The van der Waals surface area contributed by atoms with E-state index in [9.17, 15) is 4.39 Å². The van der Waals surface area contributed by atoms with Crippen LogP contribution in [0.2, 0.25) is 5.02 Å². The van der Waals surface area contributed by atoms with E-state index in [0.717, 1.165) is 62.4 Å². The molecule has 2 saturated heterocycles. The van der Waals surface area contributed by atoms with Gasteiger partial charge in [-0.25, -0.2) is 20.2 Å². The van der Waals surface area contributed by atoms with E-state index in [0.29, 0.717) is 34.5 Å². The van der Waals surface area contributed by atoms with Gasteiger partial charge in [-0.1, -0.05) is 17.7 Å². The van der Waals surface area contributed by atoms with Gasteiger partial charge in [-0.15, -0.1) is 0 Å². The van der Waals surface area contributed by atoms with Gasteiger partial charge in [0.2, 0.25) is 5.88 Å². The minimum Gasteiger partial charge on any atom is -0.474 e. The van der Waals surface area contributed by atoms with Crippen LogP contribution in [0, 0.1) is 5.82 Å². The van der Waals surface area contributed by atoms with Crippen LogP contribution < -0.4 is 21.8 Å². The van der Waals surface area contributed by atoms with E-state index >= 15 is 0 Å². The zero-order valence-electron chi connectivity index (χ0n) is 22.9. The molecule has 220 valence electrons. The van der Waals surface area contributed by atoms with E-state index in [1.54, 1.807) is 30.6 Å². The normalized spacial score (nSPS) is 18.3. The lowest BCUT2D eigenvalue weighted by atomic mass is 10.1. The molecule has 6 rings (SSSR count). The SMILES string of the molecule is N/N=C(\NN)c1cc2nc(CN3CCC(Oc4ccnc(Cc5ccc(Cl)cc5F)n4)CC3)n(CC3CCO3)c2cn1. The summed E-state index contributed by atoms with van der Waals surface area (Å²) in [6.07, 6.45) is 6.55. The molecule has 14 heteroatoms. The Hall–Kier alpha value is -3.91. The van der Waals surface area contributed by atoms with Gasteiger partial charge in [0, 0.05) is 43.4 Å². The minimum atomic E-state index is -0.378. The topological polar surface area (TPSA) is 155 Å². The summed E-state index contributed by atoms with van der Waals surface area (Å²) in [5.74, 6) is 12.8. The summed E-state index contributed by atoms with van der Waals surface area (Å²) < 4.78 is 28.4. The Balaban J connectivity index is 1.10. The van der Waals surface area contributed by atoms with Gasteiger partial charge in [0.15, 0.2) is 5.84 Å². The van der Waals surface area contributed by atoms with Crippen LogP contribution in [0.4, 0.5) is 4.39 Å². The molecule has 2 aliphatic heterocycles. The summed E-state index contributed by atoms with van der Waals surface area (Å²) >= 11 is 5.87. The van der Waals surface area contributed by atoms with E-state index in [2.05, 4.69) is 34.9 Å². The number of nitrogens with two attached hydrogens (primary N) is 2. The fourth-order valence-corrected chi connectivity index (χ4v) is 5.42. The summed E-state index contributed by atoms with van der Waals surface area (Å²) in [5.41, 5.74) is 5.19. The third kappa shape index (κ3) is 6.28.